The van der Waals surface area contributed by atoms with Crippen molar-refractivity contribution >= 4 is 16.7 Å². The average molecular weight is 476 g/mol. The maximum atomic E-state index is 14.1. The van der Waals surface area contributed by atoms with E-state index in [1.54, 1.807) is 39.8 Å². The highest BCUT2D eigenvalue weighted by Gasteiger charge is 2.30. The molecule has 2 heterocycles. The molecule has 180 valence electrons. The quantitative estimate of drug-likeness (QED) is 0.482. The van der Waals surface area contributed by atoms with Gasteiger partial charge in [0, 0.05) is 41.9 Å². The lowest BCUT2D eigenvalue weighted by atomic mass is 9.96. The third kappa shape index (κ3) is 4.77. The Morgan fingerprint density at radius 2 is 1.94 bits per heavy atom. The molecule has 7 nitrogen and oxygen atoms in total. The second-order valence-electron chi connectivity index (χ2n) is 8.90. The van der Waals surface area contributed by atoms with Crippen molar-refractivity contribution in [2.24, 2.45) is 0 Å². The Morgan fingerprint density at radius 3 is 2.66 bits per heavy atom. The lowest BCUT2D eigenvalue weighted by molar-refractivity contribution is -0.135. The van der Waals surface area contributed by atoms with Crippen molar-refractivity contribution in [3.05, 3.63) is 64.3 Å². The molecule has 3 aromatic rings. The van der Waals surface area contributed by atoms with Crippen LogP contribution in [-0.4, -0.2) is 48.3 Å². The van der Waals surface area contributed by atoms with Gasteiger partial charge in [-0.15, -0.1) is 0 Å². The van der Waals surface area contributed by atoms with Crippen LogP contribution in [0.5, 0.6) is 5.75 Å². The van der Waals surface area contributed by atoms with E-state index in [1.807, 2.05) is 0 Å². The molecule has 1 saturated heterocycles. The molecule has 0 N–H and O–H groups in total. The Morgan fingerprint density at radius 1 is 1.14 bits per heavy atom. The van der Waals surface area contributed by atoms with E-state index in [0.29, 0.717) is 73.4 Å². The van der Waals surface area contributed by atoms with Crippen LogP contribution in [0.3, 0.4) is 0 Å². The topological polar surface area (TPSA) is 84.6 Å². The number of carbonyl (C=O) groups is 1. The van der Waals surface area contributed by atoms with E-state index in [0.717, 1.165) is 12.8 Å². The van der Waals surface area contributed by atoms with Crippen molar-refractivity contribution in [1.82, 2.24) is 9.47 Å². The van der Waals surface area contributed by atoms with Gasteiger partial charge in [0.15, 0.2) is 0 Å². The number of amides is 1. The van der Waals surface area contributed by atoms with Gasteiger partial charge in [-0.3, -0.25) is 14.2 Å². The number of ether oxygens (including phenoxy) is 2. The molecule has 0 spiro atoms. The zero-order chi connectivity index (χ0) is 24.4. The standard InChI is InChI=1S/C27H26FN3O4/c28-19-4-1-3-18(15-19)26-23-16-21(35-12-2-5-25(32)30-10-13-34-14-11-30)8-9-22(23)27(33)31(20-6-7-20)24(26)17-29/h1,3-4,8-9,15-16,20H,2,5-7,10-14H2. The van der Waals surface area contributed by atoms with Gasteiger partial charge >= 0.3 is 0 Å². The highest BCUT2D eigenvalue weighted by molar-refractivity contribution is 5.99. The molecule has 1 aliphatic carbocycles. The molecule has 5 rings (SSSR count). The van der Waals surface area contributed by atoms with E-state index in [2.05, 4.69) is 6.07 Å². The number of carbonyl (C=O) groups excluding carboxylic acids is 1. The van der Waals surface area contributed by atoms with Gasteiger partial charge in [0.2, 0.25) is 5.91 Å². The van der Waals surface area contributed by atoms with Crippen LogP contribution in [0.1, 0.15) is 37.4 Å². The smallest absolute Gasteiger partial charge is 0.259 e. The van der Waals surface area contributed by atoms with Crippen LogP contribution >= 0.6 is 0 Å². The number of benzene rings is 2. The first-order valence-corrected chi connectivity index (χ1v) is 11.9. The van der Waals surface area contributed by atoms with Crippen molar-refractivity contribution < 1.29 is 18.7 Å². The Bertz CT molecular complexity index is 1370. The summed E-state index contributed by atoms with van der Waals surface area (Å²) in [4.78, 5) is 27.4. The van der Waals surface area contributed by atoms with E-state index < -0.39 is 5.82 Å². The number of morpholine rings is 1. The maximum absolute atomic E-state index is 14.1. The van der Waals surface area contributed by atoms with Crippen LogP contribution < -0.4 is 10.3 Å². The van der Waals surface area contributed by atoms with Crippen LogP contribution in [0.2, 0.25) is 0 Å². The van der Waals surface area contributed by atoms with Gasteiger partial charge in [0.25, 0.3) is 5.56 Å². The fraction of sp³-hybridized carbons (Fsp3) is 0.370. The molecule has 0 unspecified atom stereocenters. The van der Waals surface area contributed by atoms with Gasteiger partial charge in [0.05, 0.1) is 19.8 Å². The molecule has 1 saturated carbocycles. The summed E-state index contributed by atoms with van der Waals surface area (Å²) >= 11 is 0. The van der Waals surface area contributed by atoms with Crippen LogP contribution in [0.15, 0.2) is 47.3 Å². The van der Waals surface area contributed by atoms with Crippen LogP contribution in [0.4, 0.5) is 4.39 Å². The minimum atomic E-state index is -0.416. The number of hydrogen-bond acceptors (Lipinski definition) is 5. The molecule has 1 amide bonds. The summed E-state index contributed by atoms with van der Waals surface area (Å²) in [7, 11) is 0. The largest absolute Gasteiger partial charge is 0.494 e. The summed E-state index contributed by atoms with van der Waals surface area (Å²) in [5.74, 6) is 0.200. The first-order chi connectivity index (χ1) is 17.1. The number of aromatic nitrogens is 1. The highest BCUT2D eigenvalue weighted by atomic mass is 19.1. The van der Waals surface area contributed by atoms with Gasteiger partial charge in [0.1, 0.15) is 23.3 Å². The van der Waals surface area contributed by atoms with Crippen molar-refractivity contribution in [2.45, 2.75) is 31.7 Å². The molecule has 8 heteroatoms. The molecule has 0 bridgehead atoms. The number of halogens is 1. The summed E-state index contributed by atoms with van der Waals surface area (Å²) in [5, 5.41) is 11.0. The van der Waals surface area contributed by atoms with Crippen molar-refractivity contribution in [3.63, 3.8) is 0 Å². The lowest BCUT2D eigenvalue weighted by Crippen LogP contribution is -2.40. The van der Waals surface area contributed by atoms with Crippen molar-refractivity contribution in [3.8, 4) is 22.9 Å². The normalized spacial score (nSPS) is 15.7. The molecular weight excluding hydrogens is 449 g/mol. The molecule has 1 aliphatic heterocycles. The van der Waals surface area contributed by atoms with Gasteiger partial charge in [-0.05, 0) is 55.2 Å². The van der Waals surface area contributed by atoms with Crippen molar-refractivity contribution in [2.75, 3.05) is 32.9 Å². The van der Waals surface area contributed by atoms with E-state index in [1.165, 1.54) is 12.1 Å². The van der Waals surface area contributed by atoms with Crippen LogP contribution in [0, 0.1) is 17.1 Å². The van der Waals surface area contributed by atoms with Crippen molar-refractivity contribution in [1.29, 1.82) is 5.26 Å². The number of hydrogen-bond donors (Lipinski definition) is 0. The third-order valence-electron chi connectivity index (χ3n) is 6.49. The minimum absolute atomic E-state index is 0.00575. The fourth-order valence-corrected chi connectivity index (χ4v) is 4.60. The minimum Gasteiger partial charge on any atom is -0.494 e. The van der Waals surface area contributed by atoms with Crippen LogP contribution in [0.25, 0.3) is 21.9 Å². The number of nitriles is 1. The lowest BCUT2D eigenvalue weighted by Gasteiger charge is -2.26. The molecule has 2 aliphatic rings. The number of fused-ring (bicyclic) bond motifs is 1. The second-order valence-corrected chi connectivity index (χ2v) is 8.90. The van der Waals surface area contributed by atoms with E-state index in [9.17, 15) is 19.2 Å². The van der Waals surface area contributed by atoms with Crippen LogP contribution in [-0.2, 0) is 9.53 Å². The maximum Gasteiger partial charge on any atom is 0.259 e. The summed E-state index contributed by atoms with van der Waals surface area (Å²) in [6.45, 7) is 2.71. The molecule has 2 fully saturated rings. The fourth-order valence-electron chi connectivity index (χ4n) is 4.60. The molecule has 2 aromatic carbocycles. The average Bonchev–Trinajstić information content (AvgIpc) is 3.72. The molecule has 35 heavy (non-hydrogen) atoms. The summed E-state index contributed by atoms with van der Waals surface area (Å²) in [5.41, 5.74) is 1.08. The van der Waals surface area contributed by atoms with E-state index >= 15 is 0 Å². The molecule has 0 atom stereocenters. The number of nitrogens with zero attached hydrogens (tertiary/aromatic N) is 3. The van der Waals surface area contributed by atoms with E-state index in [4.69, 9.17) is 9.47 Å². The Labute approximate surface area is 202 Å². The highest BCUT2D eigenvalue weighted by Crippen LogP contribution is 2.39. The monoisotopic (exact) mass is 475 g/mol. The summed E-state index contributed by atoms with van der Waals surface area (Å²) < 4.78 is 26.9. The van der Waals surface area contributed by atoms with Gasteiger partial charge in [-0.2, -0.15) is 5.26 Å². The van der Waals surface area contributed by atoms with E-state index in [-0.39, 0.29) is 23.2 Å². The third-order valence-corrected chi connectivity index (χ3v) is 6.49. The second kappa shape index (κ2) is 9.88. The zero-order valence-electron chi connectivity index (χ0n) is 19.3. The zero-order valence-corrected chi connectivity index (χ0v) is 19.3. The summed E-state index contributed by atoms with van der Waals surface area (Å²) in [6, 6.07) is 13.4. The van der Waals surface area contributed by atoms with Gasteiger partial charge < -0.3 is 14.4 Å². The SMILES string of the molecule is N#Cc1c(-c2cccc(F)c2)c2cc(OCCCC(=O)N3CCOCC3)ccc2c(=O)n1C1CC1. The van der Waals surface area contributed by atoms with Gasteiger partial charge in [-0.1, -0.05) is 12.1 Å². The predicted molar refractivity (Wildman–Crippen MR) is 129 cm³/mol. The number of rotatable bonds is 7. The Hall–Kier alpha value is -3.70. The predicted octanol–water partition coefficient (Wildman–Crippen LogP) is 4.03. The molecule has 1 aromatic heterocycles. The number of pyridine rings is 1. The Kier molecular flexibility index (Phi) is 6.51. The summed E-state index contributed by atoms with van der Waals surface area (Å²) in [6.07, 6.45) is 2.62. The Balaban J connectivity index is 1.44. The first kappa shape index (κ1) is 23.1. The van der Waals surface area contributed by atoms with Gasteiger partial charge in [-0.25, -0.2) is 4.39 Å². The molecular formula is C27H26FN3O4. The molecule has 0 radical (unpaired) electrons. The first-order valence-electron chi connectivity index (χ1n) is 11.9.